The van der Waals surface area contributed by atoms with Crippen molar-refractivity contribution in [3.8, 4) is 5.75 Å². The van der Waals surface area contributed by atoms with Gasteiger partial charge in [-0.3, -0.25) is 4.79 Å². The Kier molecular flexibility index (Phi) is 5.48. The Morgan fingerprint density at radius 2 is 1.95 bits per heavy atom. The van der Waals surface area contributed by atoms with E-state index in [1.807, 2.05) is 0 Å². The Morgan fingerprint density at radius 3 is 2.55 bits per heavy atom. The quantitative estimate of drug-likeness (QED) is 0.670. The van der Waals surface area contributed by atoms with E-state index >= 15 is 0 Å². The van der Waals surface area contributed by atoms with E-state index in [1.54, 1.807) is 5.32 Å². The molecule has 0 saturated carbocycles. The number of alkyl halides is 5. The second kappa shape index (κ2) is 6.88. The average molecular weight is 295 g/mol. The number of para-hydroxylation sites is 1. The van der Waals surface area contributed by atoms with Gasteiger partial charge in [0.1, 0.15) is 12.3 Å². The number of hydrogen-bond acceptors (Lipinski definition) is 2. The molecule has 0 aliphatic heterocycles. The zero-order valence-electron chi connectivity index (χ0n) is 9.95. The lowest BCUT2D eigenvalue weighted by Crippen LogP contribution is -2.32. The minimum absolute atomic E-state index is 0.148. The first-order valence-corrected chi connectivity index (χ1v) is 5.34. The molecule has 0 bridgehead atoms. The van der Waals surface area contributed by atoms with E-state index in [2.05, 4.69) is 4.74 Å². The predicted molar refractivity (Wildman–Crippen MR) is 61.2 cm³/mol. The smallest absolute Gasteiger partial charge is 0.405 e. The molecule has 1 aromatic carbocycles. The van der Waals surface area contributed by atoms with Crippen molar-refractivity contribution in [1.29, 1.82) is 0 Å². The standard InChI is InChI=1S/C12H10F5NO2/c13-11(14)20-9-4-2-1-3-8(9)5-6-10(19)18-7-12(15,16)17/h1-6,11H,7H2,(H,18,19)/b6-5+. The third-order valence-corrected chi connectivity index (χ3v) is 2.01. The fraction of sp³-hybridized carbons (Fsp3) is 0.250. The maximum absolute atomic E-state index is 12.1. The zero-order valence-corrected chi connectivity index (χ0v) is 9.95. The highest BCUT2D eigenvalue weighted by Gasteiger charge is 2.27. The van der Waals surface area contributed by atoms with Crippen LogP contribution in [0.25, 0.3) is 6.08 Å². The van der Waals surface area contributed by atoms with E-state index in [-0.39, 0.29) is 11.3 Å². The molecule has 1 amide bonds. The van der Waals surface area contributed by atoms with E-state index in [4.69, 9.17) is 0 Å². The molecule has 1 rings (SSSR count). The maximum atomic E-state index is 12.1. The molecule has 3 nitrogen and oxygen atoms in total. The summed E-state index contributed by atoms with van der Waals surface area (Å²) in [6, 6.07) is 5.58. The molecule has 0 aromatic heterocycles. The minimum Gasteiger partial charge on any atom is -0.434 e. The van der Waals surface area contributed by atoms with E-state index < -0.39 is 25.2 Å². The Hall–Kier alpha value is -2.12. The van der Waals surface area contributed by atoms with Gasteiger partial charge in [0, 0.05) is 11.6 Å². The lowest BCUT2D eigenvalue weighted by Gasteiger charge is -2.08. The zero-order chi connectivity index (χ0) is 15.2. The van der Waals surface area contributed by atoms with Crippen molar-refractivity contribution in [2.75, 3.05) is 6.54 Å². The van der Waals surface area contributed by atoms with Crippen LogP contribution in [0.5, 0.6) is 5.75 Å². The number of benzene rings is 1. The summed E-state index contributed by atoms with van der Waals surface area (Å²) in [5.74, 6) is -1.17. The number of carbonyl (C=O) groups is 1. The van der Waals surface area contributed by atoms with E-state index in [1.165, 1.54) is 24.3 Å². The second-order valence-corrected chi connectivity index (χ2v) is 3.58. The molecule has 1 aromatic rings. The molecular weight excluding hydrogens is 285 g/mol. The van der Waals surface area contributed by atoms with Crippen molar-refractivity contribution in [2.24, 2.45) is 0 Å². The van der Waals surface area contributed by atoms with Crippen LogP contribution in [0.3, 0.4) is 0 Å². The van der Waals surface area contributed by atoms with Crippen molar-refractivity contribution in [2.45, 2.75) is 12.8 Å². The topological polar surface area (TPSA) is 38.3 Å². The van der Waals surface area contributed by atoms with Crippen LogP contribution >= 0.6 is 0 Å². The molecule has 0 saturated heterocycles. The van der Waals surface area contributed by atoms with Gasteiger partial charge >= 0.3 is 12.8 Å². The molecule has 8 heteroatoms. The molecule has 0 atom stereocenters. The Morgan fingerprint density at radius 1 is 1.30 bits per heavy atom. The normalized spacial score (nSPS) is 11.9. The summed E-state index contributed by atoms with van der Waals surface area (Å²) in [6.07, 6.45) is -2.62. The van der Waals surface area contributed by atoms with E-state index in [0.29, 0.717) is 0 Å². The van der Waals surface area contributed by atoms with Gasteiger partial charge in [-0.1, -0.05) is 18.2 Å². The molecule has 1 N–H and O–H groups in total. The van der Waals surface area contributed by atoms with Crippen LogP contribution in [0.15, 0.2) is 30.3 Å². The number of amides is 1. The SMILES string of the molecule is O=C(/C=C/c1ccccc1OC(F)F)NCC(F)(F)F. The van der Waals surface area contributed by atoms with Crippen molar-refractivity contribution in [3.63, 3.8) is 0 Å². The van der Waals surface area contributed by atoms with Gasteiger partial charge in [-0.05, 0) is 12.1 Å². The summed E-state index contributed by atoms with van der Waals surface area (Å²) in [5, 5.41) is 1.61. The van der Waals surface area contributed by atoms with Crippen molar-refractivity contribution < 1.29 is 31.5 Å². The van der Waals surface area contributed by atoms with Crippen molar-refractivity contribution in [3.05, 3.63) is 35.9 Å². The maximum Gasteiger partial charge on any atom is 0.405 e. The van der Waals surface area contributed by atoms with E-state index in [9.17, 15) is 26.7 Å². The van der Waals surface area contributed by atoms with Crippen LogP contribution in [0.1, 0.15) is 5.56 Å². The Labute approximate surface area is 111 Å². The third-order valence-electron chi connectivity index (χ3n) is 2.01. The summed E-state index contributed by atoms with van der Waals surface area (Å²) in [6.45, 7) is -4.51. The molecule has 0 heterocycles. The summed E-state index contributed by atoms with van der Waals surface area (Å²) >= 11 is 0. The predicted octanol–water partition coefficient (Wildman–Crippen LogP) is 2.98. The first-order chi connectivity index (χ1) is 9.28. The number of nitrogens with one attached hydrogen (secondary N) is 1. The average Bonchev–Trinajstić information content (AvgIpc) is 2.34. The van der Waals surface area contributed by atoms with Gasteiger partial charge in [-0.2, -0.15) is 22.0 Å². The molecule has 0 spiro atoms. The van der Waals surface area contributed by atoms with Gasteiger partial charge in [0.2, 0.25) is 5.91 Å². The molecule has 0 aliphatic carbocycles. The highest BCUT2D eigenvalue weighted by atomic mass is 19.4. The molecule has 110 valence electrons. The van der Waals surface area contributed by atoms with Crippen LogP contribution < -0.4 is 10.1 Å². The van der Waals surface area contributed by atoms with Crippen molar-refractivity contribution in [1.82, 2.24) is 5.32 Å². The Bertz CT molecular complexity index is 485. The molecule has 20 heavy (non-hydrogen) atoms. The molecule has 0 radical (unpaired) electrons. The second-order valence-electron chi connectivity index (χ2n) is 3.58. The lowest BCUT2D eigenvalue weighted by molar-refractivity contribution is -0.135. The number of rotatable bonds is 5. The van der Waals surface area contributed by atoms with E-state index in [0.717, 1.165) is 12.2 Å². The number of carbonyl (C=O) groups excluding carboxylic acids is 1. The monoisotopic (exact) mass is 295 g/mol. The number of halogens is 5. The first kappa shape index (κ1) is 15.9. The van der Waals surface area contributed by atoms with Crippen LogP contribution in [0.2, 0.25) is 0 Å². The fourth-order valence-corrected chi connectivity index (χ4v) is 1.23. The van der Waals surface area contributed by atoms with Crippen LogP contribution in [0, 0.1) is 0 Å². The fourth-order valence-electron chi connectivity index (χ4n) is 1.23. The minimum atomic E-state index is -4.51. The summed E-state index contributed by atoms with van der Waals surface area (Å²) in [7, 11) is 0. The highest BCUT2D eigenvalue weighted by Crippen LogP contribution is 2.21. The molecule has 0 fully saturated rings. The van der Waals surface area contributed by atoms with Gasteiger partial charge in [0.15, 0.2) is 0 Å². The highest BCUT2D eigenvalue weighted by molar-refractivity contribution is 5.92. The van der Waals surface area contributed by atoms with Gasteiger partial charge in [-0.25, -0.2) is 0 Å². The van der Waals surface area contributed by atoms with Crippen LogP contribution in [-0.4, -0.2) is 25.2 Å². The number of ether oxygens (including phenoxy) is 1. The van der Waals surface area contributed by atoms with Crippen LogP contribution in [0.4, 0.5) is 22.0 Å². The van der Waals surface area contributed by atoms with Gasteiger partial charge in [-0.15, -0.1) is 0 Å². The third kappa shape index (κ3) is 6.17. The summed E-state index contributed by atoms with van der Waals surface area (Å²) in [4.78, 5) is 11.1. The molecule has 0 unspecified atom stereocenters. The van der Waals surface area contributed by atoms with Gasteiger partial charge < -0.3 is 10.1 Å². The largest absolute Gasteiger partial charge is 0.434 e. The summed E-state index contributed by atoms with van der Waals surface area (Å²) in [5.41, 5.74) is 0.148. The first-order valence-electron chi connectivity index (χ1n) is 5.34. The lowest BCUT2D eigenvalue weighted by atomic mass is 10.2. The van der Waals surface area contributed by atoms with Gasteiger partial charge in [0.05, 0.1) is 0 Å². The Balaban J connectivity index is 2.68. The summed E-state index contributed by atoms with van der Waals surface area (Å²) < 4.78 is 63.9. The van der Waals surface area contributed by atoms with Gasteiger partial charge in [0.25, 0.3) is 0 Å². The molecule has 0 aliphatic rings. The van der Waals surface area contributed by atoms with Crippen LogP contribution in [-0.2, 0) is 4.79 Å². The number of hydrogen-bond donors (Lipinski definition) is 1. The van der Waals surface area contributed by atoms with Crippen molar-refractivity contribution >= 4 is 12.0 Å². The molecular formula is C12H10F5NO2.